The lowest BCUT2D eigenvalue weighted by Crippen LogP contribution is -2.74. The van der Waals surface area contributed by atoms with E-state index in [4.69, 9.17) is 9.82 Å². The maximum Gasteiger partial charge on any atom is 0.316 e. The molecule has 2 aliphatic heterocycles. The summed E-state index contributed by atoms with van der Waals surface area (Å²) in [7, 11) is 2.70. The summed E-state index contributed by atoms with van der Waals surface area (Å²) in [5, 5.41) is 39.3. The Kier molecular flexibility index (Phi) is 10.6. The molecule has 5 aromatic rings. The highest BCUT2D eigenvalue weighted by molar-refractivity contribution is 8.00. The lowest BCUT2D eigenvalue weighted by atomic mass is 9.77. The highest BCUT2D eigenvalue weighted by Crippen LogP contribution is 2.45. The highest BCUT2D eigenvalue weighted by Gasteiger charge is 2.57. The second-order valence-electron chi connectivity index (χ2n) is 12.8. The minimum Gasteiger partial charge on any atom is -0.488 e. The molecule has 2 saturated heterocycles. The van der Waals surface area contributed by atoms with Gasteiger partial charge in [0, 0.05) is 30.5 Å². The normalized spacial score (nSPS) is 19.6. The summed E-state index contributed by atoms with van der Waals surface area (Å²) in [5.74, 6) is -2.94. The number of carboxylic acids is 1. The number of β-lactam (4-membered cyclic amide) rings is 1. The van der Waals surface area contributed by atoms with Crippen LogP contribution in [0.3, 0.4) is 0 Å². The molecule has 2 amide bonds. The molecule has 0 saturated carbocycles. The number of nitrogens with zero attached hydrogens (tertiary/aromatic N) is 6. The first-order valence-electron chi connectivity index (χ1n) is 16.8. The van der Waals surface area contributed by atoms with Crippen molar-refractivity contribution < 1.29 is 29.4 Å². The molecule has 4 heterocycles. The Morgan fingerprint density at radius 2 is 1.60 bits per heavy atom. The molecule has 55 heavy (non-hydrogen) atoms. The maximum atomic E-state index is 13.8. The number of anilines is 1. The van der Waals surface area contributed by atoms with Crippen LogP contribution in [0.1, 0.15) is 22.4 Å². The molecular weight excluding hydrogens is 765 g/mol. The molecule has 4 N–H and O–H groups in total. The molecule has 7 rings (SSSR count). The van der Waals surface area contributed by atoms with E-state index < -0.39 is 51.6 Å². The van der Waals surface area contributed by atoms with E-state index in [9.17, 15) is 29.4 Å². The summed E-state index contributed by atoms with van der Waals surface area (Å²) < 4.78 is 1.08. The zero-order valence-corrected chi connectivity index (χ0v) is 31.8. The van der Waals surface area contributed by atoms with Crippen LogP contribution in [-0.2, 0) is 31.8 Å². The number of hydrogen-bond acceptors (Lipinski definition) is 14. The molecular formula is C37H34N8O7S3. The Bertz CT molecular complexity index is 2210. The zero-order valence-electron chi connectivity index (χ0n) is 29.4. The van der Waals surface area contributed by atoms with E-state index in [-0.39, 0.29) is 34.6 Å². The van der Waals surface area contributed by atoms with E-state index in [1.807, 2.05) is 91.0 Å². The van der Waals surface area contributed by atoms with Crippen molar-refractivity contribution in [3.05, 3.63) is 129 Å². The summed E-state index contributed by atoms with van der Waals surface area (Å²) in [6, 6.07) is 29.0. The lowest BCUT2D eigenvalue weighted by molar-refractivity contribution is -0.157. The third-order valence-corrected chi connectivity index (χ3v) is 13.1. The number of fused-ring (bicyclic) bond motifs is 1. The first kappa shape index (κ1) is 37.6. The van der Waals surface area contributed by atoms with E-state index in [1.54, 1.807) is 5.38 Å². The number of thiazole rings is 1. The van der Waals surface area contributed by atoms with E-state index in [2.05, 4.69) is 26.0 Å². The van der Waals surface area contributed by atoms with E-state index in [1.165, 1.54) is 42.2 Å². The predicted molar refractivity (Wildman–Crippen MR) is 208 cm³/mol. The molecule has 0 bridgehead atoms. The molecule has 0 radical (unpaired) electrons. The number of carbonyl (C=O) groups excluding carboxylic acids is 2. The van der Waals surface area contributed by atoms with Crippen molar-refractivity contribution in [2.75, 3.05) is 30.5 Å². The molecule has 2 aliphatic rings. The van der Waals surface area contributed by atoms with Crippen molar-refractivity contribution >= 4 is 63.5 Å². The van der Waals surface area contributed by atoms with Crippen molar-refractivity contribution in [3.63, 3.8) is 0 Å². The molecule has 2 aromatic heterocycles. The fourth-order valence-corrected chi connectivity index (χ4v) is 10.1. The zero-order chi connectivity index (χ0) is 38.7. The second kappa shape index (κ2) is 15.6. The number of aromatic hydroxyl groups is 1. The van der Waals surface area contributed by atoms with Gasteiger partial charge in [0.25, 0.3) is 11.8 Å². The van der Waals surface area contributed by atoms with Gasteiger partial charge in [-0.05, 0) is 16.7 Å². The van der Waals surface area contributed by atoms with Crippen molar-refractivity contribution in [1.29, 1.82) is 0 Å². The molecule has 2 fully saturated rings. The monoisotopic (exact) mass is 798 g/mol. The van der Waals surface area contributed by atoms with Crippen LogP contribution in [0.5, 0.6) is 5.88 Å². The number of amides is 2. The number of oxime groups is 1. The molecule has 0 spiro atoms. The van der Waals surface area contributed by atoms with Crippen molar-refractivity contribution in [3.8, 4) is 5.88 Å². The van der Waals surface area contributed by atoms with Crippen LogP contribution in [0.15, 0.2) is 111 Å². The third kappa shape index (κ3) is 7.03. The number of carbonyl (C=O) groups is 3. The van der Waals surface area contributed by atoms with Gasteiger partial charge < -0.3 is 30.6 Å². The summed E-state index contributed by atoms with van der Waals surface area (Å²) in [6.45, 7) is -0.121. The molecule has 3 aromatic carbocycles. The first-order valence-corrected chi connectivity index (χ1v) is 19.7. The lowest BCUT2D eigenvalue weighted by Gasteiger charge is -2.53. The van der Waals surface area contributed by atoms with E-state index in [0.717, 1.165) is 33.0 Å². The van der Waals surface area contributed by atoms with Crippen LogP contribution in [-0.4, -0.2) is 94.9 Å². The number of rotatable bonds is 13. The van der Waals surface area contributed by atoms with Gasteiger partial charge in [-0.1, -0.05) is 108 Å². The van der Waals surface area contributed by atoms with Gasteiger partial charge >= 0.3 is 11.5 Å². The molecule has 15 nitrogen and oxygen atoms in total. The fourth-order valence-electron chi connectivity index (χ4n) is 6.56. The number of nitrogens with one attached hydrogen (secondary N) is 2. The molecule has 18 heteroatoms. The number of carboxylic acid groups (broad SMARTS) is 1. The average Bonchev–Trinajstić information content (AvgIpc) is 3.68. The number of hydrogen-bond donors (Lipinski definition) is 4. The minimum absolute atomic E-state index is 0.0272. The third-order valence-electron chi connectivity index (χ3n) is 9.44. The molecule has 3 atom stereocenters. The van der Waals surface area contributed by atoms with Gasteiger partial charge in [-0.15, -0.1) is 33.3 Å². The Morgan fingerprint density at radius 1 is 1.00 bits per heavy atom. The topological polar surface area (TPSA) is 201 Å². The smallest absolute Gasteiger partial charge is 0.316 e. The standard InChI is InChI=1S/C37H34N8O7S3/c1-44-31(49)29(47)41-42-35(44)55-21-36(33(50)51)19-45-30(48)27(32(45)54-20-36)39-28(46)26(43-52-2)25-18-53-34(38-25)40-37(22-12-6-3-7-13-22,23-14-8-4-9-15-23)24-16-10-5-11-17-24/h3-18,27,32H,19-21H2,1-2H3,(H,38,40)(H,39,46)(H,41,47)(H,50,51)/t27?,32-,36?/m1/s1. The van der Waals surface area contributed by atoms with Crippen LogP contribution >= 0.6 is 34.9 Å². The van der Waals surface area contributed by atoms with Gasteiger partial charge in [0.05, 0.1) is 0 Å². The number of thioether (sulfide) groups is 2. The average molecular weight is 799 g/mol. The van der Waals surface area contributed by atoms with Crippen molar-refractivity contribution in [2.45, 2.75) is 22.1 Å². The molecule has 282 valence electrons. The SMILES string of the molecule is CON=C(C(=O)NC1C(=O)N2CC(CSc3nnc(O)c(=O)n3C)(C(=O)O)CS[C@H]12)c1csc(NC(c2ccccc2)(c2ccccc2)c2ccccc2)n1. The summed E-state index contributed by atoms with van der Waals surface area (Å²) in [6.07, 6.45) is 0. The summed E-state index contributed by atoms with van der Waals surface area (Å²) in [4.78, 5) is 63.2. The largest absolute Gasteiger partial charge is 0.488 e. The predicted octanol–water partition coefficient (Wildman–Crippen LogP) is 3.36. The van der Waals surface area contributed by atoms with Gasteiger partial charge in [-0.25, -0.2) is 4.98 Å². The summed E-state index contributed by atoms with van der Waals surface area (Å²) in [5.41, 5.74) is -0.0192. The quantitative estimate of drug-likeness (QED) is 0.0445. The molecule has 0 aliphatic carbocycles. The van der Waals surface area contributed by atoms with Gasteiger partial charge in [0.15, 0.2) is 16.0 Å². The van der Waals surface area contributed by atoms with Crippen LogP contribution in [0, 0.1) is 5.41 Å². The van der Waals surface area contributed by atoms with Gasteiger partial charge in [-0.2, -0.15) is 0 Å². The second-order valence-corrected chi connectivity index (χ2v) is 15.7. The van der Waals surface area contributed by atoms with Crippen LogP contribution in [0.4, 0.5) is 5.13 Å². The highest BCUT2D eigenvalue weighted by atomic mass is 32.2. The maximum absolute atomic E-state index is 13.8. The van der Waals surface area contributed by atoms with E-state index >= 15 is 0 Å². The van der Waals surface area contributed by atoms with Gasteiger partial charge in [0.1, 0.15) is 35.2 Å². The Labute approximate surface area is 326 Å². The van der Waals surface area contributed by atoms with Crippen LogP contribution in [0.25, 0.3) is 0 Å². The Hall–Kier alpha value is -5.72. The first-order chi connectivity index (χ1) is 26.6. The number of benzene rings is 3. The van der Waals surface area contributed by atoms with Crippen LogP contribution < -0.4 is 16.2 Å². The van der Waals surface area contributed by atoms with Crippen LogP contribution in [0.2, 0.25) is 0 Å². The number of aliphatic carboxylic acids is 1. The van der Waals surface area contributed by atoms with Crippen molar-refractivity contribution in [2.24, 2.45) is 17.6 Å². The van der Waals surface area contributed by atoms with Gasteiger partial charge in [0.2, 0.25) is 5.91 Å². The minimum atomic E-state index is -1.38. The summed E-state index contributed by atoms with van der Waals surface area (Å²) >= 11 is 3.50. The van der Waals surface area contributed by atoms with Crippen molar-refractivity contribution in [1.82, 2.24) is 30.0 Å². The van der Waals surface area contributed by atoms with Gasteiger partial charge in [-0.3, -0.25) is 23.7 Å². The Morgan fingerprint density at radius 3 is 2.16 bits per heavy atom. The Balaban J connectivity index is 1.09. The fraction of sp³-hybridized carbons (Fsp3) is 0.243. The number of aromatic nitrogens is 4. The van der Waals surface area contributed by atoms with E-state index in [0.29, 0.717) is 5.13 Å². The molecule has 2 unspecified atom stereocenters.